The van der Waals surface area contributed by atoms with Gasteiger partial charge in [-0.3, -0.25) is 4.90 Å². The van der Waals surface area contributed by atoms with Gasteiger partial charge in [-0.1, -0.05) is 6.92 Å². The third kappa shape index (κ3) is 2.01. The summed E-state index contributed by atoms with van der Waals surface area (Å²) in [4.78, 5) is 2.44. The van der Waals surface area contributed by atoms with Crippen LogP contribution >= 0.6 is 0 Å². The van der Waals surface area contributed by atoms with Crippen molar-refractivity contribution in [1.29, 1.82) is 0 Å². The van der Waals surface area contributed by atoms with E-state index in [1.165, 1.54) is 19.3 Å². The first kappa shape index (κ1) is 12.3. The summed E-state index contributed by atoms with van der Waals surface area (Å²) in [6.07, 6.45) is 3.85. The van der Waals surface area contributed by atoms with Gasteiger partial charge in [0.15, 0.2) is 0 Å². The average molecular weight is 226 g/mol. The molecule has 1 aliphatic heterocycles. The first-order chi connectivity index (χ1) is 7.61. The third-order valence-electron chi connectivity index (χ3n) is 4.04. The van der Waals surface area contributed by atoms with Crippen LogP contribution in [0, 0.1) is 5.92 Å². The maximum Gasteiger partial charge on any atom is 0.139 e. The Balaban J connectivity index is 2.14. The highest BCUT2D eigenvalue weighted by Gasteiger charge is 2.54. The molecule has 2 rings (SSSR count). The van der Waals surface area contributed by atoms with Gasteiger partial charge in [-0.2, -0.15) is 0 Å². The van der Waals surface area contributed by atoms with Gasteiger partial charge in [-0.05, 0) is 40.2 Å². The van der Waals surface area contributed by atoms with Crippen LogP contribution in [0.2, 0.25) is 0 Å². The molecule has 1 aliphatic carbocycles. The Morgan fingerprint density at radius 2 is 2.06 bits per heavy atom. The van der Waals surface area contributed by atoms with Crippen LogP contribution in [0.3, 0.4) is 0 Å². The predicted molar refractivity (Wildman–Crippen MR) is 66.4 cm³/mol. The lowest BCUT2D eigenvalue weighted by molar-refractivity contribution is -0.206. The van der Waals surface area contributed by atoms with E-state index in [9.17, 15) is 0 Å². The highest BCUT2D eigenvalue weighted by molar-refractivity contribution is 5.03. The molecule has 0 radical (unpaired) electrons. The molecular formula is C13H26N2O. The molecule has 1 saturated carbocycles. The maximum atomic E-state index is 6.29. The molecule has 0 aromatic rings. The molecule has 2 fully saturated rings. The first-order valence-corrected chi connectivity index (χ1v) is 6.72. The second-order valence-electron chi connectivity index (χ2n) is 5.55. The summed E-state index contributed by atoms with van der Waals surface area (Å²) in [5, 5.41) is 3.66. The molecule has 0 bridgehead atoms. The number of morpholine rings is 1. The summed E-state index contributed by atoms with van der Waals surface area (Å²) in [7, 11) is 2.22. The fraction of sp³-hybridized carbons (Fsp3) is 1.00. The van der Waals surface area contributed by atoms with Gasteiger partial charge in [0.1, 0.15) is 5.72 Å². The molecule has 1 saturated heterocycles. The van der Waals surface area contributed by atoms with Crippen molar-refractivity contribution >= 4 is 0 Å². The topological polar surface area (TPSA) is 24.5 Å². The Labute approximate surface area is 99.5 Å². The number of hydrogen-bond donors (Lipinski definition) is 1. The van der Waals surface area contributed by atoms with E-state index >= 15 is 0 Å². The number of likely N-dealkylation sites (N-methyl/N-ethyl adjacent to an activating group) is 1. The van der Waals surface area contributed by atoms with E-state index in [1.54, 1.807) is 0 Å². The molecule has 0 aromatic carbocycles. The normalized spacial score (nSPS) is 40.3. The summed E-state index contributed by atoms with van der Waals surface area (Å²) in [6, 6.07) is 0.914. The Morgan fingerprint density at radius 1 is 1.38 bits per heavy atom. The van der Waals surface area contributed by atoms with E-state index < -0.39 is 0 Å². The lowest BCUT2D eigenvalue weighted by atomic mass is 9.94. The number of nitrogens with zero attached hydrogens (tertiary/aromatic N) is 1. The minimum Gasteiger partial charge on any atom is -0.357 e. The lowest BCUT2D eigenvalue weighted by Gasteiger charge is -2.51. The third-order valence-corrected chi connectivity index (χ3v) is 4.04. The first-order valence-electron chi connectivity index (χ1n) is 6.72. The van der Waals surface area contributed by atoms with E-state index in [-0.39, 0.29) is 5.72 Å². The molecular weight excluding hydrogens is 200 g/mol. The number of ether oxygens (including phenoxy) is 1. The molecule has 0 amide bonds. The zero-order valence-electron chi connectivity index (χ0n) is 11.1. The van der Waals surface area contributed by atoms with Crippen LogP contribution < -0.4 is 5.32 Å². The maximum absolute atomic E-state index is 6.29. The van der Waals surface area contributed by atoms with E-state index in [0.29, 0.717) is 12.1 Å². The van der Waals surface area contributed by atoms with Crippen LogP contribution in [0.15, 0.2) is 0 Å². The SMILES string of the molecule is CCCN(C)C1(C2CC2)OCC(C)NC1C. The van der Waals surface area contributed by atoms with Crippen molar-refractivity contribution in [3.05, 3.63) is 0 Å². The Bertz CT molecular complexity index is 236. The smallest absolute Gasteiger partial charge is 0.139 e. The fourth-order valence-corrected chi connectivity index (χ4v) is 3.21. The highest BCUT2D eigenvalue weighted by Crippen LogP contribution is 2.46. The van der Waals surface area contributed by atoms with Crippen LogP contribution in [0.25, 0.3) is 0 Å². The van der Waals surface area contributed by atoms with Crippen molar-refractivity contribution in [2.24, 2.45) is 5.92 Å². The minimum atomic E-state index is -0.0392. The second-order valence-corrected chi connectivity index (χ2v) is 5.55. The van der Waals surface area contributed by atoms with Crippen molar-refractivity contribution in [2.75, 3.05) is 20.2 Å². The van der Waals surface area contributed by atoms with Gasteiger partial charge < -0.3 is 10.1 Å². The van der Waals surface area contributed by atoms with Crippen LogP contribution in [-0.4, -0.2) is 42.9 Å². The molecule has 94 valence electrons. The van der Waals surface area contributed by atoms with Gasteiger partial charge >= 0.3 is 0 Å². The summed E-state index contributed by atoms with van der Waals surface area (Å²) in [5.41, 5.74) is -0.0392. The van der Waals surface area contributed by atoms with Gasteiger partial charge in [0.2, 0.25) is 0 Å². The molecule has 3 heteroatoms. The standard InChI is InChI=1S/C13H26N2O/c1-5-8-15(4)13(12-6-7-12)11(3)14-10(2)9-16-13/h10-12,14H,5-9H2,1-4H3. The number of rotatable bonds is 4. The molecule has 2 aliphatic rings. The monoisotopic (exact) mass is 226 g/mol. The van der Waals surface area contributed by atoms with Crippen LogP contribution in [0.5, 0.6) is 0 Å². The van der Waals surface area contributed by atoms with Crippen molar-refractivity contribution in [3.8, 4) is 0 Å². The fourth-order valence-electron chi connectivity index (χ4n) is 3.21. The molecule has 16 heavy (non-hydrogen) atoms. The van der Waals surface area contributed by atoms with E-state index in [0.717, 1.165) is 19.1 Å². The average Bonchev–Trinajstić information content (AvgIpc) is 3.02. The molecule has 3 unspecified atom stereocenters. The number of hydrogen-bond acceptors (Lipinski definition) is 3. The van der Waals surface area contributed by atoms with Gasteiger partial charge in [0.05, 0.1) is 6.61 Å². The van der Waals surface area contributed by atoms with Crippen molar-refractivity contribution in [2.45, 2.75) is 57.8 Å². The van der Waals surface area contributed by atoms with Gasteiger partial charge in [-0.15, -0.1) is 0 Å². The number of nitrogens with one attached hydrogen (secondary N) is 1. The molecule has 1 heterocycles. The summed E-state index contributed by atoms with van der Waals surface area (Å²) in [5.74, 6) is 0.735. The van der Waals surface area contributed by atoms with Crippen LogP contribution in [-0.2, 0) is 4.74 Å². The highest BCUT2D eigenvalue weighted by atomic mass is 16.5. The lowest BCUT2D eigenvalue weighted by Crippen LogP contribution is -2.68. The molecule has 3 atom stereocenters. The van der Waals surface area contributed by atoms with Crippen LogP contribution in [0.4, 0.5) is 0 Å². The van der Waals surface area contributed by atoms with Gasteiger partial charge in [-0.25, -0.2) is 0 Å². The van der Waals surface area contributed by atoms with E-state index in [1.807, 2.05) is 0 Å². The van der Waals surface area contributed by atoms with Gasteiger partial charge in [0, 0.05) is 24.5 Å². The predicted octanol–water partition coefficient (Wildman–Crippen LogP) is 1.83. The van der Waals surface area contributed by atoms with Crippen LogP contribution in [0.1, 0.15) is 40.0 Å². The molecule has 0 aromatic heterocycles. The zero-order valence-corrected chi connectivity index (χ0v) is 11.1. The molecule has 3 nitrogen and oxygen atoms in total. The molecule has 1 N–H and O–H groups in total. The Morgan fingerprint density at radius 3 is 2.56 bits per heavy atom. The largest absolute Gasteiger partial charge is 0.357 e. The zero-order chi connectivity index (χ0) is 11.8. The van der Waals surface area contributed by atoms with E-state index in [4.69, 9.17) is 4.74 Å². The van der Waals surface area contributed by atoms with Crippen molar-refractivity contribution in [3.63, 3.8) is 0 Å². The molecule has 0 spiro atoms. The van der Waals surface area contributed by atoms with E-state index in [2.05, 4.69) is 38.0 Å². The Hall–Kier alpha value is -0.120. The van der Waals surface area contributed by atoms with Crippen molar-refractivity contribution < 1.29 is 4.74 Å². The Kier molecular flexibility index (Phi) is 3.57. The summed E-state index contributed by atoms with van der Waals surface area (Å²) >= 11 is 0. The summed E-state index contributed by atoms with van der Waals surface area (Å²) in [6.45, 7) is 8.68. The van der Waals surface area contributed by atoms with Gasteiger partial charge in [0.25, 0.3) is 0 Å². The second kappa shape index (κ2) is 4.63. The summed E-state index contributed by atoms with van der Waals surface area (Å²) < 4.78 is 6.29. The quantitative estimate of drug-likeness (QED) is 0.791. The van der Waals surface area contributed by atoms with Crippen molar-refractivity contribution in [1.82, 2.24) is 10.2 Å². The minimum absolute atomic E-state index is 0.0392.